The summed E-state index contributed by atoms with van der Waals surface area (Å²) in [7, 11) is 1.63. The van der Waals surface area contributed by atoms with E-state index in [1.165, 1.54) is 25.7 Å². The minimum absolute atomic E-state index is 0.119. The van der Waals surface area contributed by atoms with E-state index in [0.717, 1.165) is 5.56 Å². The first-order valence-electron chi connectivity index (χ1n) is 5.81. The van der Waals surface area contributed by atoms with Gasteiger partial charge >= 0.3 is 0 Å². The topological polar surface area (TPSA) is 35.2 Å². The summed E-state index contributed by atoms with van der Waals surface area (Å²) in [6.45, 7) is 0. The van der Waals surface area contributed by atoms with Crippen LogP contribution in [0.5, 0.6) is 5.75 Å². The smallest absolute Gasteiger partial charge is 0.137 e. The highest BCUT2D eigenvalue weighted by Gasteiger charge is 2.23. The molecule has 2 N–H and O–H groups in total. The summed E-state index contributed by atoms with van der Waals surface area (Å²) in [5.41, 5.74) is 7.41. The summed E-state index contributed by atoms with van der Waals surface area (Å²) < 4.78 is 5.21. The lowest BCUT2D eigenvalue weighted by atomic mass is 9.92. The predicted molar refractivity (Wildman–Crippen MR) is 66.9 cm³/mol. The quantitative estimate of drug-likeness (QED) is 0.876. The summed E-state index contributed by atoms with van der Waals surface area (Å²) in [6, 6.07) is 5.96. The SMILES string of the molecule is COc1cc(C(N)C2CCCC2)ccc1Cl. The molecular formula is C13H18ClNO. The van der Waals surface area contributed by atoms with Gasteiger partial charge in [-0.05, 0) is 36.5 Å². The molecule has 1 atom stereocenters. The number of ether oxygens (including phenoxy) is 1. The van der Waals surface area contributed by atoms with Crippen molar-refractivity contribution < 1.29 is 4.74 Å². The largest absolute Gasteiger partial charge is 0.495 e. The van der Waals surface area contributed by atoms with Crippen molar-refractivity contribution in [2.24, 2.45) is 11.7 Å². The van der Waals surface area contributed by atoms with Gasteiger partial charge in [0.25, 0.3) is 0 Å². The molecule has 88 valence electrons. The molecule has 0 aliphatic heterocycles. The number of hydrogen-bond donors (Lipinski definition) is 1. The van der Waals surface area contributed by atoms with Crippen LogP contribution in [0.4, 0.5) is 0 Å². The average Bonchev–Trinajstić information content (AvgIpc) is 2.82. The Bertz CT molecular complexity index is 361. The van der Waals surface area contributed by atoms with E-state index >= 15 is 0 Å². The van der Waals surface area contributed by atoms with E-state index in [0.29, 0.717) is 16.7 Å². The highest BCUT2D eigenvalue weighted by atomic mass is 35.5. The van der Waals surface area contributed by atoms with Crippen molar-refractivity contribution in [3.8, 4) is 5.75 Å². The zero-order chi connectivity index (χ0) is 11.5. The van der Waals surface area contributed by atoms with Crippen LogP contribution in [-0.2, 0) is 0 Å². The van der Waals surface area contributed by atoms with Crippen LogP contribution >= 0.6 is 11.6 Å². The van der Waals surface area contributed by atoms with E-state index < -0.39 is 0 Å². The summed E-state index contributed by atoms with van der Waals surface area (Å²) in [4.78, 5) is 0. The van der Waals surface area contributed by atoms with Gasteiger partial charge in [0.1, 0.15) is 5.75 Å². The fourth-order valence-electron chi connectivity index (χ4n) is 2.47. The Morgan fingerprint density at radius 3 is 2.69 bits per heavy atom. The molecule has 2 rings (SSSR count). The number of rotatable bonds is 3. The molecule has 0 saturated heterocycles. The third-order valence-corrected chi connectivity index (χ3v) is 3.78. The standard InChI is InChI=1S/C13H18ClNO/c1-16-12-8-10(6-7-11(12)14)13(15)9-4-2-3-5-9/h6-9,13H,2-5,15H2,1H3. The van der Waals surface area contributed by atoms with Crippen LogP contribution in [0.25, 0.3) is 0 Å². The minimum Gasteiger partial charge on any atom is -0.495 e. The predicted octanol–water partition coefficient (Wildman–Crippen LogP) is 3.54. The normalized spacial score (nSPS) is 18.7. The molecule has 0 radical (unpaired) electrons. The Balaban J connectivity index is 2.19. The van der Waals surface area contributed by atoms with Crippen molar-refractivity contribution in [1.82, 2.24) is 0 Å². The molecule has 1 fully saturated rings. The van der Waals surface area contributed by atoms with Gasteiger partial charge in [0.2, 0.25) is 0 Å². The number of nitrogens with two attached hydrogens (primary N) is 1. The molecule has 3 heteroatoms. The minimum atomic E-state index is 0.119. The van der Waals surface area contributed by atoms with Gasteiger partial charge in [0, 0.05) is 6.04 Å². The zero-order valence-electron chi connectivity index (χ0n) is 9.58. The van der Waals surface area contributed by atoms with Gasteiger partial charge in [-0.25, -0.2) is 0 Å². The number of methoxy groups -OCH3 is 1. The van der Waals surface area contributed by atoms with Gasteiger partial charge in [0.15, 0.2) is 0 Å². The van der Waals surface area contributed by atoms with Gasteiger partial charge in [-0.2, -0.15) is 0 Å². The van der Waals surface area contributed by atoms with Gasteiger partial charge in [-0.3, -0.25) is 0 Å². The van der Waals surface area contributed by atoms with Crippen LogP contribution in [0.1, 0.15) is 37.3 Å². The van der Waals surface area contributed by atoms with Gasteiger partial charge in [-0.15, -0.1) is 0 Å². The molecule has 2 nitrogen and oxygen atoms in total. The maximum absolute atomic E-state index is 6.28. The van der Waals surface area contributed by atoms with Crippen molar-refractivity contribution in [3.05, 3.63) is 28.8 Å². The van der Waals surface area contributed by atoms with Crippen LogP contribution in [0, 0.1) is 5.92 Å². The molecule has 16 heavy (non-hydrogen) atoms. The molecular weight excluding hydrogens is 222 g/mol. The van der Waals surface area contributed by atoms with E-state index in [1.807, 2.05) is 18.2 Å². The van der Waals surface area contributed by atoms with Crippen molar-refractivity contribution in [3.63, 3.8) is 0 Å². The van der Waals surface area contributed by atoms with Crippen molar-refractivity contribution in [2.45, 2.75) is 31.7 Å². The van der Waals surface area contributed by atoms with Gasteiger partial charge in [0.05, 0.1) is 12.1 Å². The fourth-order valence-corrected chi connectivity index (χ4v) is 2.67. The van der Waals surface area contributed by atoms with E-state index in [9.17, 15) is 0 Å². The lowest BCUT2D eigenvalue weighted by Gasteiger charge is -2.20. The molecule has 0 amide bonds. The molecule has 1 aromatic rings. The number of halogens is 1. The van der Waals surface area contributed by atoms with Crippen molar-refractivity contribution in [2.75, 3.05) is 7.11 Å². The molecule has 0 aromatic heterocycles. The lowest BCUT2D eigenvalue weighted by molar-refractivity contribution is 0.409. The van der Waals surface area contributed by atoms with E-state index in [4.69, 9.17) is 22.1 Å². The molecule has 1 saturated carbocycles. The first-order chi connectivity index (χ1) is 7.72. The Morgan fingerprint density at radius 2 is 2.06 bits per heavy atom. The number of hydrogen-bond acceptors (Lipinski definition) is 2. The highest BCUT2D eigenvalue weighted by molar-refractivity contribution is 6.32. The van der Waals surface area contributed by atoms with Crippen LogP contribution in [0.15, 0.2) is 18.2 Å². The second kappa shape index (κ2) is 5.07. The van der Waals surface area contributed by atoms with Crippen LogP contribution in [0.3, 0.4) is 0 Å². The summed E-state index contributed by atoms with van der Waals surface area (Å²) in [5, 5.41) is 0.643. The molecule has 0 heterocycles. The second-order valence-electron chi connectivity index (χ2n) is 4.46. The zero-order valence-corrected chi connectivity index (χ0v) is 10.3. The summed E-state index contributed by atoms with van der Waals surface area (Å²) in [6.07, 6.45) is 5.10. The Labute approximate surface area is 102 Å². The van der Waals surface area contributed by atoms with Gasteiger partial charge < -0.3 is 10.5 Å². The third kappa shape index (κ3) is 2.33. The first kappa shape index (κ1) is 11.7. The monoisotopic (exact) mass is 239 g/mol. The van der Waals surface area contributed by atoms with Crippen LogP contribution in [0.2, 0.25) is 5.02 Å². The lowest BCUT2D eigenvalue weighted by Crippen LogP contribution is -2.19. The fraction of sp³-hybridized carbons (Fsp3) is 0.538. The molecule has 0 spiro atoms. The van der Waals surface area contributed by atoms with Gasteiger partial charge in [-0.1, -0.05) is 30.5 Å². The molecule has 0 bridgehead atoms. The van der Waals surface area contributed by atoms with Crippen molar-refractivity contribution in [1.29, 1.82) is 0 Å². The maximum atomic E-state index is 6.28. The van der Waals surface area contributed by atoms with E-state index in [1.54, 1.807) is 7.11 Å². The maximum Gasteiger partial charge on any atom is 0.137 e. The molecule has 1 aliphatic carbocycles. The van der Waals surface area contributed by atoms with E-state index in [-0.39, 0.29) is 6.04 Å². The second-order valence-corrected chi connectivity index (χ2v) is 4.87. The average molecular weight is 240 g/mol. The third-order valence-electron chi connectivity index (χ3n) is 3.47. The Kier molecular flexibility index (Phi) is 3.72. The molecule has 1 aliphatic rings. The summed E-state index contributed by atoms with van der Waals surface area (Å²) in [5.74, 6) is 1.33. The van der Waals surface area contributed by atoms with Crippen molar-refractivity contribution >= 4 is 11.6 Å². The van der Waals surface area contributed by atoms with Crippen LogP contribution in [-0.4, -0.2) is 7.11 Å². The Morgan fingerprint density at radius 1 is 1.38 bits per heavy atom. The summed E-state index contributed by atoms with van der Waals surface area (Å²) >= 11 is 5.99. The first-order valence-corrected chi connectivity index (χ1v) is 6.19. The highest BCUT2D eigenvalue weighted by Crippen LogP contribution is 2.36. The molecule has 1 aromatic carbocycles. The number of benzene rings is 1. The van der Waals surface area contributed by atoms with Crippen LogP contribution < -0.4 is 10.5 Å². The van der Waals surface area contributed by atoms with E-state index in [2.05, 4.69) is 0 Å². The molecule has 1 unspecified atom stereocenters. The Hall–Kier alpha value is -0.730.